The summed E-state index contributed by atoms with van der Waals surface area (Å²) in [6, 6.07) is 9.40. The van der Waals surface area contributed by atoms with Gasteiger partial charge in [0.2, 0.25) is 0 Å². The van der Waals surface area contributed by atoms with E-state index in [-0.39, 0.29) is 18.0 Å². The third kappa shape index (κ3) is 2.85. The van der Waals surface area contributed by atoms with Crippen LogP contribution in [0, 0.1) is 0 Å². The van der Waals surface area contributed by atoms with Gasteiger partial charge in [0.05, 0.1) is 6.04 Å². The van der Waals surface area contributed by atoms with Gasteiger partial charge in [0.15, 0.2) is 18.2 Å². The number of urea groups is 1. The molecule has 1 aromatic rings. The molecule has 3 amide bonds. The highest BCUT2D eigenvalue weighted by Crippen LogP contribution is 2.35. The second kappa shape index (κ2) is 6.87. The monoisotopic (exact) mass is 369 g/mol. The van der Waals surface area contributed by atoms with E-state index < -0.39 is 12.2 Å². The molecule has 0 spiro atoms. The van der Waals surface area contributed by atoms with Crippen molar-refractivity contribution in [3.05, 3.63) is 35.9 Å². The molecule has 0 saturated carbocycles. The third-order valence-electron chi connectivity index (χ3n) is 5.97. The molecule has 0 bridgehead atoms. The minimum atomic E-state index is -0.482. The van der Waals surface area contributed by atoms with Crippen LogP contribution >= 0.6 is 0 Å². The van der Waals surface area contributed by atoms with Gasteiger partial charge in [0.25, 0.3) is 5.91 Å². The minimum Gasteiger partial charge on any atom is -0.343 e. The topological polar surface area (TPSA) is 59.5 Å². The standard InChI is InChI=1S/C20H27N5O2/c1-14(15-10-6-4-7-11-15)25-16-17(22(2)20(27)23(3)18(16)26)21-19(25)24-12-8-5-9-13-24/h4,6-7,10-11,14,16-17H,5,8-9,12-13H2,1-3H3. The van der Waals surface area contributed by atoms with Crippen LogP contribution in [0.4, 0.5) is 4.79 Å². The number of hydrogen-bond donors (Lipinski definition) is 0. The first kappa shape index (κ1) is 17.8. The maximum Gasteiger partial charge on any atom is 0.328 e. The van der Waals surface area contributed by atoms with Crippen molar-refractivity contribution in [3.8, 4) is 0 Å². The number of piperidine rings is 1. The first-order valence-electron chi connectivity index (χ1n) is 9.71. The smallest absolute Gasteiger partial charge is 0.328 e. The number of carbonyl (C=O) groups excluding carboxylic acids is 2. The fourth-order valence-corrected chi connectivity index (χ4v) is 4.36. The summed E-state index contributed by atoms with van der Waals surface area (Å²) in [6.45, 7) is 4.00. The minimum absolute atomic E-state index is 0.0131. The molecule has 3 atom stereocenters. The SMILES string of the molecule is CC(c1ccccc1)N1C(N2CCCCC2)=NC2C1C(=O)N(C)C(=O)N2C. The van der Waals surface area contributed by atoms with E-state index >= 15 is 0 Å². The van der Waals surface area contributed by atoms with E-state index in [9.17, 15) is 9.59 Å². The molecule has 7 nitrogen and oxygen atoms in total. The summed E-state index contributed by atoms with van der Waals surface area (Å²) >= 11 is 0. The Morgan fingerprint density at radius 1 is 1.04 bits per heavy atom. The summed E-state index contributed by atoms with van der Waals surface area (Å²) < 4.78 is 0. The number of imide groups is 1. The molecule has 0 aliphatic carbocycles. The number of likely N-dealkylation sites (N-methyl/N-ethyl adjacent to an activating group) is 2. The van der Waals surface area contributed by atoms with Gasteiger partial charge in [0.1, 0.15) is 0 Å². The molecule has 2 saturated heterocycles. The van der Waals surface area contributed by atoms with E-state index in [1.807, 2.05) is 18.2 Å². The van der Waals surface area contributed by atoms with Crippen LogP contribution in [0.5, 0.6) is 0 Å². The maximum absolute atomic E-state index is 13.1. The normalized spacial score (nSPS) is 27.0. The van der Waals surface area contributed by atoms with E-state index in [0.29, 0.717) is 0 Å². The van der Waals surface area contributed by atoms with Gasteiger partial charge in [-0.25, -0.2) is 9.79 Å². The zero-order valence-corrected chi connectivity index (χ0v) is 16.2. The van der Waals surface area contributed by atoms with Gasteiger partial charge in [0, 0.05) is 27.2 Å². The predicted molar refractivity (Wildman–Crippen MR) is 103 cm³/mol. The highest BCUT2D eigenvalue weighted by molar-refractivity contribution is 6.03. The fourth-order valence-electron chi connectivity index (χ4n) is 4.36. The Kier molecular flexibility index (Phi) is 4.53. The summed E-state index contributed by atoms with van der Waals surface area (Å²) in [4.78, 5) is 37.7. The van der Waals surface area contributed by atoms with Crippen LogP contribution in [-0.2, 0) is 4.79 Å². The molecule has 7 heteroatoms. The van der Waals surface area contributed by atoms with Crippen molar-refractivity contribution in [2.75, 3.05) is 27.2 Å². The molecule has 1 aromatic carbocycles. The molecule has 144 valence electrons. The first-order valence-corrected chi connectivity index (χ1v) is 9.71. The van der Waals surface area contributed by atoms with Crippen LogP contribution in [0.2, 0.25) is 0 Å². The predicted octanol–water partition coefficient (Wildman–Crippen LogP) is 2.12. The molecule has 27 heavy (non-hydrogen) atoms. The zero-order chi connectivity index (χ0) is 19.1. The summed E-state index contributed by atoms with van der Waals surface area (Å²) in [6.07, 6.45) is 3.02. The Bertz CT molecular complexity index is 759. The Morgan fingerprint density at radius 3 is 2.37 bits per heavy atom. The van der Waals surface area contributed by atoms with Gasteiger partial charge < -0.3 is 14.7 Å². The van der Waals surface area contributed by atoms with Gasteiger partial charge in [-0.3, -0.25) is 9.69 Å². The maximum atomic E-state index is 13.1. The Morgan fingerprint density at radius 2 is 1.70 bits per heavy atom. The molecule has 3 aliphatic heterocycles. The number of likely N-dealkylation sites (tertiary alicyclic amines) is 1. The van der Waals surface area contributed by atoms with Crippen LogP contribution in [0.25, 0.3) is 0 Å². The lowest BCUT2D eigenvalue weighted by atomic mass is 10.0. The van der Waals surface area contributed by atoms with Gasteiger partial charge in [-0.15, -0.1) is 0 Å². The van der Waals surface area contributed by atoms with Crippen LogP contribution in [0.3, 0.4) is 0 Å². The van der Waals surface area contributed by atoms with Crippen molar-refractivity contribution in [1.82, 2.24) is 19.6 Å². The third-order valence-corrected chi connectivity index (χ3v) is 5.97. The van der Waals surface area contributed by atoms with E-state index in [1.165, 1.54) is 11.3 Å². The van der Waals surface area contributed by atoms with Gasteiger partial charge in [-0.2, -0.15) is 0 Å². The summed E-state index contributed by atoms with van der Waals surface area (Å²) in [5.74, 6) is 0.672. The quantitative estimate of drug-likeness (QED) is 0.801. The Hall–Kier alpha value is -2.57. The summed E-state index contributed by atoms with van der Waals surface area (Å²) in [7, 11) is 3.29. The second-order valence-electron chi connectivity index (χ2n) is 7.62. The number of amides is 3. The Labute approximate surface area is 160 Å². The van der Waals surface area contributed by atoms with Gasteiger partial charge in [-0.05, 0) is 31.7 Å². The lowest BCUT2D eigenvalue weighted by Crippen LogP contribution is -2.64. The molecule has 3 unspecified atom stereocenters. The van der Waals surface area contributed by atoms with E-state index in [0.717, 1.165) is 37.5 Å². The number of hydrogen-bond acceptors (Lipinski definition) is 5. The largest absolute Gasteiger partial charge is 0.343 e. The molecule has 0 radical (unpaired) electrons. The number of nitrogens with zero attached hydrogens (tertiary/aromatic N) is 5. The summed E-state index contributed by atoms with van der Waals surface area (Å²) in [5, 5.41) is 0. The van der Waals surface area contributed by atoms with Crippen LogP contribution in [-0.4, -0.2) is 76.9 Å². The van der Waals surface area contributed by atoms with Gasteiger partial charge >= 0.3 is 6.03 Å². The molecule has 3 aliphatic rings. The van der Waals surface area contributed by atoms with Crippen molar-refractivity contribution in [1.29, 1.82) is 0 Å². The zero-order valence-electron chi connectivity index (χ0n) is 16.2. The number of fused-ring (bicyclic) bond motifs is 1. The molecular weight excluding hydrogens is 342 g/mol. The number of benzene rings is 1. The molecule has 0 aromatic heterocycles. The number of aliphatic imine (C=N–C) groups is 1. The second-order valence-corrected chi connectivity index (χ2v) is 7.62. The number of carbonyl (C=O) groups is 2. The molecule has 4 rings (SSSR count). The number of rotatable bonds is 2. The van der Waals surface area contributed by atoms with E-state index in [4.69, 9.17) is 4.99 Å². The molecule has 2 fully saturated rings. The fraction of sp³-hybridized carbons (Fsp3) is 0.550. The lowest BCUT2D eigenvalue weighted by Gasteiger charge is -2.43. The Balaban J connectivity index is 1.75. The average Bonchev–Trinajstić information content (AvgIpc) is 3.12. The van der Waals surface area contributed by atoms with Crippen molar-refractivity contribution in [3.63, 3.8) is 0 Å². The van der Waals surface area contributed by atoms with E-state index in [1.54, 1.807) is 19.0 Å². The van der Waals surface area contributed by atoms with Crippen molar-refractivity contribution in [2.24, 2.45) is 4.99 Å². The first-order chi connectivity index (χ1) is 13.0. The molecule has 3 heterocycles. The average molecular weight is 369 g/mol. The highest BCUT2D eigenvalue weighted by Gasteiger charge is 2.53. The van der Waals surface area contributed by atoms with Gasteiger partial charge in [-0.1, -0.05) is 30.3 Å². The summed E-state index contributed by atoms with van der Waals surface area (Å²) in [5.41, 5.74) is 1.14. The van der Waals surface area contributed by atoms with Crippen LogP contribution in [0.1, 0.15) is 37.8 Å². The van der Waals surface area contributed by atoms with Crippen LogP contribution in [0.15, 0.2) is 35.3 Å². The highest BCUT2D eigenvalue weighted by atomic mass is 16.2. The van der Waals surface area contributed by atoms with Crippen molar-refractivity contribution < 1.29 is 9.59 Å². The lowest BCUT2D eigenvalue weighted by molar-refractivity contribution is -0.137. The molecule has 0 N–H and O–H groups in total. The molecular formula is C20H27N5O2. The van der Waals surface area contributed by atoms with Crippen molar-refractivity contribution >= 4 is 17.9 Å². The van der Waals surface area contributed by atoms with E-state index in [2.05, 4.69) is 28.9 Å². The van der Waals surface area contributed by atoms with Crippen LogP contribution < -0.4 is 0 Å². The number of guanidine groups is 1. The van der Waals surface area contributed by atoms with Crippen molar-refractivity contribution in [2.45, 2.75) is 44.4 Å².